The van der Waals surface area contributed by atoms with Crippen LogP contribution in [0.2, 0.25) is 0 Å². The average Bonchev–Trinajstić information content (AvgIpc) is 3.23. The zero-order valence-electron chi connectivity index (χ0n) is 14.5. The number of hydrogen-bond acceptors (Lipinski definition) is 6. The number of aromatic amines is 1. The van der Waals surface area contributed by atoms with E-state index in [2.05, 4.69) is 20.3 Å². The SMILES string of the molecule is Cc1n[nH]c(C)c1S(=O)(=O)N1CCCC(Cc2nc(C3CC3)no2)C1. The van der Waals surface area contributed by atoms with E-state index in [9.17, 15) is 8.42 Å². The van der Waals surface area contributed by atoms with Gasteiger partial charge in [-0.2, -0.15) is 14.4 Å². The minimum absolute atomic E-state index is 0.198. The predicted octanol–water partition coefficient (Wildman–Crippen LogP) is 1.93. The number of piperidine rings is 1. The summed E-state index contributed by atoms with van der Waals surface area (Å²) in [4.78, 5) is 4.78. The summed E-state index contributed by atoms with van der Waals surface area (Å²) >= 11 is 0. The summed E-state index contributed by atoms with van der Waals surface area (Å²) in [5, 5.41) is 10.8. The smallest absolute Gasteiger partial charge is 0.246 e. The first-order chi connectivity index (χ1) is 11.9. The molecule has 1 atom stereocenters. The molecule has 0 spiro atoms. The van der Waals surface area contributed by atoms with E-state index in [0.29, 0.717) is 47.6 Å². The van der Waals surface area contributed by atoms with Crippen LogP contribution in [-0.2, 0) is 16.4 Å². The van der Waals surface area contributed by atoms with Gasteiger partial charge in [-0.3, -0.25) is 5.10 Å². The fourth-order valence-electron chi connectivity index (χ4n) is 3.57. The third-order valence-corrected chi connectivity index (χ3v) is 7.16. The lowest BCUT2D eigenvalue weighted by molar-refractivity contribution is 0.246. The van der Waals surface area contributed by atoms with Crippen LogP contribution in [0.5, 0.6) is 0 Å². The number of hydrogen-bond donors (Lipinski definition) is 1. The number of aromatic nitrogens is 4. The van der Waals surface area contributed by atoms with Gasteiger partial charge in [0.25, 0.3) is 0 Å². The van der Waals surface area contributed by atoms with Gasteiger partial charge in [-0.15, -0.1) is 0 Å². The molecular weight excluding hydrogens is 342 g/mol. The molecule has 1 saturated carbocycles. The summed E-state index contributed by atoms with van der Waals surface area (Å²) in [6.07, 6.45) is 4.71. The average molecular weight is 365 g/mol. The highest BCUT2D eigenvalue weighted by Crippen LogP contribution is 2.38. The first-order valence-corrected chi connectivity index (χ1v) is 10.2. The second-order valence-corrected chi connectivity index (χ2v) is 9.03. The van der Waals surface area contributed by atoms with E-state index < -0.39 is 10.0 Å². The van der Waals surface area contributed by atoms with Crippen LogP contribution in [0.25, 0.3) is 0 Å². The maximum Gasteiger partial charge on any atom is 0.246 e. The quantitative estimate of drug-likeness (QED) is 0.868. The molecule has 8 nitrogen and oxygen atoms in total. The summed E-state index contributed by atoms with van der Waals surface area (Å²) in [6.45, 7) is 4.48. The molecule has 1 unspecified atom stereocenters. The van der Waals surface area contributed by atoms with Crippen molar-refractivity contribution in [2.24, 2.45) is 5.92 Å². The number of H-pyrrole nitrogens is 1. The van der Waals surface area contributed by atoms with Gasteiger partial charge in [-0.05, 0) is 45.4 Å². The van der Waals surface area contributed by atoms with Crippen LogP contribution in [0.3, 0.4) is 0 Å². The van der Waals surface area contributed by atoms with Crippen LogP contribution in [0.15, 0.2) is 9.42 Å². The molecule has 0 radical (unpaired) electrons. The Labute approximate surface area is 147 Å². The largest absolute Gasteiger partial charge is 0.339 e. The van der Waals surface area contributed by atoms with Crippen LogP contribution in [0.1, 0.15) is 54.7 Å². The van der Waals surface area contributed by atoms with Crippen molar-refractivity contribution >= 4 is 10.0 Å². The molecule has 4 rings (SSSR count). The minimum Gasteiger partial charge on any atom is -0.339 e. The molecule has 1 saturated heterocycles. The van der Waals surface area contributed by atoms with Gasteiger partial charge >= 0.3 is 0 Å². The number of aryl methyl sites for hydroxylation is 2. The van der Waals surface area contributed by atoms with Crippen LogP contribution >= 0.6 is 0 Å². The Balaban J connectivity index is 1.48. The summed E-state index contributed by atoms with van der Waals surface area (Å²) in [6, 6.07) is 0. The fraction of sp³-hybridized carbons (Fsp3) is 0.688. The molecule has 136 valence electrons. The van der Waals surface area contributed by atoms with Gasteiger partial charge in [0.2, 0.25) is 15.9 Å². The van der Waals surface area contributed by atoms with Gasteiger partial charge in [0.15, 0.2) is 5.82 Å². The molecule has 1 aliphatic carbocycles. The molecule has 2 fully saturated rings. The molecule has 3 heterocycles. The molecule has 0 amide bonds. The van der Waals surface area contributed by atoms with Crippen molar-refractivity contribution in [3.63, 3.8) is 0 Å². The lowest BCUT2D eigenvalue weighted by Crippen LogP contribution is -2.40. The summed E-state index contributed by atoms with van der Waals surface area (Å²) in [7, 11) is -3.53. The van der Waals surface area contributed by atoms with Crippen molar-refractivity contribution < 1.29 is 12.9 Å². The van der Waals surface area contributed by atoms with E-state index in [-0.39, 0.29) is 5.92 Å². The third kappa shape index (κ3) is 3.22. The van der Waals surface area contributed by atoms with E-state index in [1.165, 1.54) is 0 Å². The molecule has 2 aromatic rings. The van der Waals surface area contributed by atoms with Gasteiger partial charge in [0.05, 0.1) is 11.4 Å². The number of nitrogens with one attached hydrogen (secondary N) is 1. The maximum atomic E-state index is 13.0. The Morgan fingerprint density at radius 3 is 2.76 bits per heavy atom. The van der Waals surface area contributed by atoms with Crippen LogP contribution in [0, 0.1) is 19.8 Å². The van der Waals surface area contributed by atoms with Crippen molar-refractivity contribution in [1.29, 1.82) is 0 Å². The van der Waals surface area contributed by atoms with E-state index >= 15 is 0 Å². The summed E-state index contributed by atoms with van der Waals surface area (Å²) in [5.74, 6) is 2.10. The van der Waals surface area contributed by atoms with Gasteiger partial charge < -0.3 is 4.52 Å². The van der Waals surface area contributed by atoms with Gasteiger partial charge in [0.1, 0.15) is 4.90 Å². The van der Waals surface area contributed by atoms with Crippen LogP contribution in [0.4, 0.5) is 0 Å². The fourth-order valence-corrected chi connectivity index (χ4v) is 5.45. The second-order valence-electron chi connectivity index (χ2n) is 7.16. The normalized spacial score (nSPS) is 22.4. The Hall–Kier alpha value is -1.74. The Morgan fingerprint density at radius 1 is 1.28 bits per heavy atom. The summed E-state index contributed by atoms with van der Waals surface area (Å²) in [5.41, 5.74) is 1.11. The van der Waals surface area contributed by atoms with E-state index in [1.807, 2.05) is 0 Å². The maximum absolute atomic E-state index is 13.0. The first kappa shape index (κ1) is 16.7. The number of rotatable bonds is 5. The highest BCUT2D eigenvalue weighted by molar-refractivity contribution is 7.89. The van der Waals surface area contributed by atoms with Crippen molar-refractivity contribution in [2.45, 2.75) is 56.8 Å². The zero-order valence-corrected chi connectivity index (χ0v) is 15.3. The zero-order chi connectivity index (χ0) is 17.6. The molecule has 25 heavy (non-hydrogen) atoms. The Bertz CT molecular complexity index is 849. The van der Waals surface area contributed by atoms with Gasteiger partial charge in [0, 0.05) is 25.4 Å². The molecule has 0 bridgehead atoms. The third-order valence-electron chi connectivity index (χ3n) is 5.03. The molecule has 9 heteroatoms. The van der Waals surface area contributed by atoms with E-state index in [4.69, 9.17) is 4.52 Å². The van der Waals surface area contributed by atoms with Crippen molar-refractivity contribution in [3.8, 4) is 0 Å². The topological polar surface area (TPSA) is 105 Å². The lowest BCUT2D eigenvalue weighted by atomic mass is 9.96. The van der Waals surface area contributed by atoms with Crippen molar-refractivity contribution in [3.05, 3.63) is 23.1 Å². The van der Waals surface area contributed by atoms with E-state index in [1.54, 1.807) is 18.2 Å². The van der Waals surface area contributed by atoms with Crippen molar-refractivity contribution in [1.82, 2.24) is 24.6 Å². The Kier molecular flexibility index (Phi) is 4.15. The minimum atomic E-state index is -3.53. The molecule has 2 aromatic heterocycles. The van der Waals surface area contributed by atoms with Gasteiger partial charge in [-0.25, -0.2) is 8.42 Å². The highest BCUT2D eigenvalue weighted by Gasteiger charge is 2.34. The van der Waals surface area contributed by atoms with Crippen LogP contribution in [-0.4, -0.2) is 46.2 Å². The molecule has 1 aliphatic heterocycles. The van der Waals surface area contributed by atoms with E-state index in [0.717, 1.165) is 31.5 Å². The van der Waals surface area contributed by atoms with Crippen LogP contribution < -0.4 is 0 Å². The second kappa shape index (κ2) is 6.21. The summed E-state index contributed by atoms with van der Waals surface area (Å²) < 4.78 is 32.9. The molecule has 1 N–H and O–H groups in total. The number of sulfonamides is 1. The molecule has 2 aliphatic rings. The monoisotopic (exact) mass is 365 g/mol. The lowest BCUT2D eigenvalue weighted by Gasteiger charge is -2.31. The standard InChI is InChI=1S/C16H23N5O3S/c1-10-15(11(2)19-18-10)25(22,23)21-7-3-4-12(9-21)8-14-17-16(20-24-14)13-5-6-13/h12-13H,3-9H2,1-2H3,(H,18,19). The predicted molar refractivity (Wildman–Crippen MR) is 89.5 cm³/mol. The molecule has 0 aromatic carbocycles. The first-order valence-electron chi connectivity index (χ1n) is 8.79. The highest BCUT2D eigenvalue weighted by atomic mass is 32.2. The Morgan fingerprint density at radius 2 is 2.08 bits per heavy atom. The van der Waals surface area contributed by atoms with Crippen molar-refractivity contribution in [2.75, 3.05) is 13.1 Å². The van der Waals surface area contributed by atoms with Gasteiger partial charge in [-0.1, -0.05) is 5.16 Å². The number of nitrogens with zero attached hydrogens (tertiary/aromatic N) is 4. The molecular formula is C16H23N5O3S.